The number of hydrogen-bond donors (Lipinski definition) is 0. The molecule has 6 heteroatoms. The van der Waals surface area contributed by atoms with Crippen molar-refractivity contribution in [3.63, 3.8) is 0 Å². The number of fused-ring (bicyclic) bond motifs is 12. The maximum atomic E-state index is 6.35. The minimum absolute atomic E-state index is 0.626. The van der Waals surface area contributed by atoms with E-state index >= 15 is 0 Å². The van der Waals surface area contributed by atoms with E-state index < -0.39 is 0 Å². The molecule has 5 heterocycles. The van der Waals surface area contributed by atoms with Crippen LogP contribution in [0.4, 0.5) is 0 Å². The Bertz CT molecular complexity index is 3250. The van der Waals surface area contributed by atoms with Gasteiger partial charge in [0.2, 0.25) is 5.95 Å². The van der Waals surface area contributed by atoms with E-state index in [4.69, 9.17) is 19.1 Å². The second-order valence-electron chi connectivity index (χ2n) is 13.0. The topological polar surface area (TPSA) is 58.0 Å². The van der Waals surface area contributed by atoms with E-state index in [1.54, 1.807) is 0 Å². The van der Waals surface area contributed by atoms with Gasteiger partial charge in [-0.15, -0.1) is 0 Å². The van der Waals surface area contributed by atoms with Crippen molar-refractivity contribution in [2.75, 3.05) is 0 Å². The van der Waals surface area contributed by atoms with Gasteiger partial charge in [-0.3, -0.25) is 4.57 Å². The first kappa shape index (κ1) is 26.1. The molecule has 0 radical (unpaired) electrons. The largest absolute Gasteiger partial charge is 0.456 e. The highest BCUT2D eigenvalue weighted by Crippen LogP contribution is 2.47. The Labute approximate surface area is 284 Å². The molecular formula is C44H24N4O2. The number of rotatable bonds is 2. The highest BCUT2D eigenvalue weighted by molar-refractivity contribution is 6.26. The zero-order chi connectivity index (χ0) is 32.5. The molecule has 0 saturated heterocycles. The van der Waals surface area contributed by atoms with Crippen molar-refractivity contribution in [3.8, 4) is 34.4 Å². The standard InChI is InChI=1S/C44H24N4O2/c1-5-15-33-26(10-1)29-22-23-35-40(30-12-2-6-16-34(30)47(35)25-20-21-28-27-11-3-7-17-36(27)50-39(28)24-25)43(29)48(33)44-45-32-14-9-19-38-41(32)42(46-44)31-13-4-8-18-37(31)49-38/h1-24H. The van der Waals surface area contributed by atoms with Gasteiger partial charge in [0.15, 0.2) is 0 Å². The number of aromatic nitrogens is 4. The molecule has 0 N–H and O–H groups in total. The molecule has 0 aliphatic carbocycles. The summed E-state index contributed by atoms with van der Waals surface area (Å²) in [5.74, 6) is 2.20. The zero-order valence-electron chi connectivity index (χ0n) is 26.5. The molecule has 12 rings (SSSR count). The molecule has 232 valence electrons. The third-order valence-electron chi connectivity index (χ3n) is 10.3. The molecule has 0 amide bonds. The van der Waals surface area contributed by atoms with E-state index in [0.717, 1.165) is 105 Å². The fraction of sp³-hybridized carbons (Fsp3) is 0. The van der Waals surface area contributed by atoms with Crippen LogP contribution in [0.15, 0.2) is 150 Å². The monoisotopic (exact) mass is 640 g/mol. The Balaban J connectivity index is 1.22. The molecule has 7 aromatic carbocycles. The lowest BCUT2D eigenvalue weighted by Crippen LogP contribution is -2.06. The summed E-state index contributed by atoms with van der Waals surface area (Å²) in [6.07, 6.45) is 0. The summed E-state index contributed by atoms with van der Waals surface area (Å²) in [7, 11) is 0. The van der Waals surface area contributed by atoms with E-state index in [0.29, 0.717) is 5.95 Å². The first-order chi connectivity index (χ1) is 24.8. The number of furan rings is 1. The number of nitrogens with zero attached hydrogens (tertiary/aromatic N) is 4. The lowest BCUT2D eigenvalue weighted by Gasteiger charge is -2.21. The molecular weight excluding hydrogens is 617 g/mol. The van der Waals surface area contributed by atoms with Crippen LogP contribution in [-0.4, -0.2) is 19.1 Å². The van der Waals surface area contributed by atoms with Gasteiger partial charge in [0.1, 0.15) is 22.7 Å². The molecule has 1 aliphatic heterocycles. The summed E-state index contributed by atoms with van der Waals surface area (Å²) in [6.45, 7) is 0. The highest BCUT2D eigenvalue weighted by atomic mass is 16.5. The molecule has 11 aromatic rings. The van der Waals surface area contributed by atoms with E-state index in [1.165, 1.54) is 0 Å². The average Bonchev–Trinajstić information content (AvgIpc) is 3.82. The Morgan fingerprint density at radius 3 is 2.10 bits per heavy atom. The van der Waals surface area contributed by atoms with Crippen LogP contribution >= 0.6 is 0 Å². The molecule has 50 heavy (non-hydrogen) atoms. The van der Waals surface area contributed by atoms with Crippen molar-refractivity contribution in [1.29, 1.82) is 0 Å². The Hall–Kier alpha value is -6.92. The molecule has 0 spiro atoms. The third-order valence-corrected chi connectivity index (χ3v) is 10.3. The van der Waals surface area contributed by atoms with Gasteiger partial charge in [0, 0.05) is 49.6 Å². The second-order valence-corrected chi connectivity index (χ2v) is 13.0. The van der Waals surface area contributed by atoms with E-state index in [2.05, 4.69) is 106 Å². The lowest BCUT2D eigenvalue weighted by molar-refractivity contribution is 0.486. The van der Waals surface area contributed by atoms with Crippen molar-refractivity contribution in [3.05, 3.63) is 146 Å². The van der Waals surface area contributed by atoms with Gasteiger partial charge in [-0.25, -0.2) is 9.97 Å². The molecule has 0 atom stereocenters. The second kappa shape index (κ2) is 9.36. The zero-order valence-corrected chi connectivity index (χ0v) is 26.5. The van der Waals surface area contributed by atoms with Crippen LogP contribution in [0, 0.1) is 0 Å². The molecule has 0 fully saturated rings. The van der Waals surface area contributed by atoms with Crippen LogP contribution in [0.5, 0.6) is 11.5 Å². The van der Waals surface area contributed by atoms with Gasteiger partial charge in [0.05, 0.1) is 38.7 Å². The predicted molar refractivity (Wildman–Crippen MR) is 201 cm³/mol. The van der Waals surface area contributed by atoms with Crippen molar-refractivity contribution in [1.82, 2.24) is 19.1 Å². The SMILES string of the molecule is c1ccc2c(c1)Oc1cccc3nc(-n4c5ccccc5c5ccc6c(c7ccccc7n6-c6ccc7c(c6)oc6ccccc67)c54)nc-2c13. The molecule has 6 nitrogen and oxygen atoms in total. The van der Waals surface area contributed by atoms with Crippen molar-refractivity contribution >= 4 is 76.5 Å². The van der Waals surface area contributed by atoms with Gasteiger partial charge >= 0.3 is 0 Å². The van der Waals surface area contributed by atoms with Gasteiger partial charge in [-0.1, -0.05) is 78.9 Å². The number of ether oxygens (including phenoxy) is 1. The van der Waals surface area contributed by atoms with Gasteiger partial charge in [-0.05, 0) is 60.7 Å². The van der Waals surface area contributed by atoms with Crippen LogP contribution in [0.2, 0.25) is 0 Å². The van der Waals surface area contributed by atoms with Crippen LogP contribution in [0.1, 0.15) is 0 Å². The smallest absolute Gasteiger partial charge is 0.235 e. The highest BCUT2D eigenvalue weighted by Gasteiger charge is 2.26. The summed E-state index contributed by atoms with van der Waals surface area (Å²) >= 11 is 0. The number of para-hydroxylation sites is 4. The minimum Gasteiger partial charge on any atom is -0.456 e. The normalized spacial score (nSPS) is 12.6. The molecule has 0 saturated carbocycles. The maximum absolute atomic E-state index is 6.35. The van der Waals surface area contributed by atoms with Crippen molar-refractivity contribution in [2.45, 2.75) is 0 Å². The predicted octanol–water partition coefficient (Wildman–Crippen LogP) is 11.5. The summed E-state index contributed by atoms with van der Waals surface area (Å²) < 4.78 is 17.3. The number of benzene rings is 7. The summed E-state index contributed by atoms with van der Waals surface area (Å²) in [5.41, 5.74) is 9.83. The van der Waals surface area contributed by atoms with Gasteiger partial charge < -0.3 is 13.7 Å². The van der Waals surface area contributed by atoms with Crippen LogP contribution in [-0.2, 0) is 0 Å². The van der Waals surface area contributed by atoms with Gasteiger partial charge in [0.25, 0.3) is 0 Å². The van der Waals surface area contributed by atoms with E-state index in [9.17, 15) is 0 Å². The summed E-state index contributed by atoms with van der Waals surface area (Å²) in [4.78, 5) is 10.6. The lowest BCUT2D eigenvalue weighted by atomic mass is 10.0. The van der Waals surface area contributed by atoms with Crippen molar-refractivity contribution in [2.24, 2.45) is 0 Å². The average molecular weight is 641 g/mol. The molecule has 0 unspecified atom stereocenters. The van der Waals surface area contributed by atoms with Crippen LogP contribution in [0.25, 0.3) is 99.3 Å². The number of hydrogen-bond acceptors (Lipinski definition) is 4. The molecule has 0 bridgehead atoms. The van der Waals surface area contributed by atoms with Crippen LogP contribution in [0.3, 0.4) is 0 Å². The fourth-order valence-electron chi connectivity index (χ4n) is 8.24. The third kappa shape index (κ3) is 3.32. The van der Waals surface area contributed by atoms with Crippen molar-refractivity contribution < 1.29 is 9.15 Å². The van der Waals surface area contributed by atoms with E-state index in [-0.39, 0.29) is 0 Å². The Morgan fingerprint density at radius 1 is 0.460 bits per heavy atom. The first-order valence-corrected chi connectivity index (χ1v) is 16.8. The Kier molecular flexibility index (Phi) is 4.89. The fourth-order valence-corrected chi connectivity index (χ4v) is 8.24. The Morgan fingerprint density at radius 2 is 1.18 bits per heavy atom. The summed E-state index contributed by atoms with van der Waals surface area (Å²) in [5, 5.41) is 7.77. The minimum atomic E-state index is 0.626. The maximum Gasteiger partial charge on any atom is 0.235 e. The first-order valence-electron chi connectivity index (χ1n) is 16.8. The molecule has 4 aromatic heterocycles. The van der Waals surface area contributed by atoms with Crippen LogP contribution < -0.4 is 4.74 Å². The van der Waals surface area contributed by atoms with E-state index in [1.807, 2.05) is 48.5 Å². The summed E-state index contributed by atoms with van der Waals surface area (Å²) in [6, 6.07) is 50.6. The quantitative estimate of drug-likeness (QED) is 0.189. The molecule has 1 aliphatic rings. The van der Waals surface area contributed by atoms with Gasteiger partial charge in [-0.2, -0.15) is 0 Å².